The van der Waals surface area contributed by atoms with Crippen LogP contribution in [0.3, 0.4) is 0 Å². The first-order valence-corrected chi connectivity index (χ1v) is 23.0. The summed E-state index contributed by atoms with van der Waals surface area (Å²) in [6.07, 6.45) is 7.15. The molecule has 6 unspecified atom stereocenters. The Hall–Kier alpha value is -4.73. The van der Waals surface area contributed by atoms with Gasteiger partial charge in [0.15, 0.2) is 11.0 Å². The number of aldehydes is 1. The Morgan fingerprint density at radius 1 is 1.00 bits per heavy atom. The molecule has 5 amide bonds. The first-order valence-electron chi connectivity index (χ1n) is 19.8. The first kappa shape index (κ1) is 45.4. The maximum atomic E-state index is 14.5. The number of hydrogen-bond donors (Lipinski definition) is 4. The molecule has 4 aliphatic rings. The summed E-state index contributed by atoms with van der Waals surface area (Å²) in [6, 6.07) is 8.31. The maximum absolute atomic E-state index is 14.5. The fourth-order valence-electron chi connectivity index (χ4n) is 7.52. The minimum absolute atomic E-state index is 0.00327. The van der Waals surface area contributed by atoms with Gasteiger partial charge >= 0.3 is 17.8 Å². The molecule has 6 atom stereocenters. The van der Waals surface area contributed by atoms with Gasteiger partial charge in [0.05, 0.1) is 18.0 Å². The number of carbonyl (C=O) groups is 6. The van der Waals surface area contributed by atoms with Crippen LogP contribution in [0, 0.1) is 5.82 Å². The van der Waals surface area contributed by atoms with E-state index in [0.29, 0.717) is 48.4 Å². The molecule has 15 nitrogen and oxygen atoms in total. The van der Waals surface area contributed by atoms with Gasteiger partial charge in [-0.15, -0.1) is 0 Å². The van der Waals surface area contributed by atoms with Gasteiger partial charge in [-0.1, -0.05) is 49.3 Å². The Bertz CT molecular complexity index is 1950. The Balaban J connectivity index is 0.00000326. The van der Waals surface area contributed by atoms with Crippen LogP contribution in [0.2, 0.25) is 0 Å². The van der Waals surface area contributed by atoms with Crippen molar-refractivity contribution in [1.29, 1.82) is 0 Å². The van der Waals surface area contributed by atoms with Crippen molar-refractivity contribution in [3.63, 3.8) is 0 Å². The lowest BCUT2D eigenvalue weighted by atomic mass is 10.0. The standard InChI is InChI=1S/C40H49FN5O9PS.CH4O/c1-40(2,3)55-37(50)42-33-15-10-8-6-4-5-7-9-13-29-25-56(29,38(51)44-57(53)30-18-16-26(24-47)17-19-30)43-35(48)34-20-28(22-46(34)36(33)49)54-39(52)45-21-27-12-11-14-32(41)31(27)23-45;1-2/h5,7,11-12,14,16-19,24,28-29,33-34H,4,6,8-10,13,15,20-23,25H2,1-3H3,(H2-,42,43,44,48,50,51);2H,1H3/p+1/b7-5-;. The van der Waals surface area contributed by atoms with E-state index in [-0.39, 0.29) is 43.0 Å². The molecule has 2 fully saturated rings. The Morgan fingerprint density at radius 2 is 1.73 bits per heavy atom. The zero-order chi connectivity index (χ0) is 42.9. The van der Waals surface area contributed by atoms with Gasteiger partial charge in [-0.3, -0.25) is 19.3 Å². The van der Waals surface area contributed by atoms with Crippen LogP contribution >= 0.6 is 7.41 Å². The molecule has 6 rings (SSSR count). The summed E-state index contributed by atoms with van der Waals surface area (Å²) in [4.78, 5) is 83.5. The monoisotopic (exact) mass is 858 g/mol. The van der Waals surface area contributed by atoms with Gasteiger partial charge in [-0.25, -0.2) is 32.8 Å². The maximum Gasteiger partial charge on any atom is 0.410 e. The lowest BCUT2D eigenvalue weighted by Gasteiger charge is -2.29. The van der Waals surface area contributed by atoms with Crippen molar-refractivity contribution in [1.82, 2.24) is 24.9 Å². The van der Waals surface area contributed by atoms with Gasteiger partial charge in [-0.05, 0) is 76.6 Å². The molecule has 0 saturated carbocycles. The number of fused-ring (bicyclic) bond motifs is 3. The lowest BCUT2D eigenvalue weighted by molar-refractivity contribution is -0.139. The molecule has 2 aromatic rings. The van der Waals surface area contributed by atoms with Gasteiger partial charge in [-0.2, -0.15) is 0 Å². The summed E-state index contributed by atoms with van der Waals surface area (Å²) >= 11 is 0. The Labute approximate surface area is 346 Å². The number of nitrogens with one attached hydrogen (secondary N) is 3. The fourth-order valence-corrected chi connectivity index (χ4v) is 12.3. The quantitative estimate of drug-likeness (QED) is 0.158. The molecule has 320 valence electrons. The summed E-state index contributed by atoms with van der Waals surface area (Å²) in [6.45, 7) is 5.08. The zero-order valence-corrected chi connectivity index (χ0v) is 35.5. The van der Waals surface area contributed by atoms with Crippen molar-refractivity contribution in [2.24, 2.45) is 0 Å². The number of ether oxygens (including phenoxy) is 2. The highest BCUT2D eigenvalue weighted by atomic mass is 32.2. The number of benzene rings is 2. The largest absolute Gasteiger partial charge is 0.444 e. The normalized spacial score (nSPS) is 25.6. The lowest BCUT2D eigenvalue weighted by Crippen LogP contribution is -2.54. The molecule has 4 heterocycles. The number of allylic oxidation sites excluding steroid dienone is 2. The molecule has 4 aliphatic heterocycles. The molecular weight excluding hydrogens is 805 g/mol. The molecule has 18 heteroatoms. The van der Waals surface area contributed by atoms with Gasteiger partial charge < -0.3 is 24.8 Å². The molecule has 0 aromatic heterocycles. The smallest absolute Gasteiger partial charge is 0.410 e. The summed E-state index contributed by atoms with van der Waals surface area (Å²) in [5.41, 5.74) is -0.160. The molecule has 0 radical (unpaired) electrons. The van der Waals surface area contributed by atoms with E-state index in [2.05, 4.69) is 27.3 Å². The van der Waals surface area contributed by atoms with Crippen LogP contribution in [0.15, 0.2) is 59.5 Å². The number of aliphatic hydroxyl groups excluding tert-OH is 1. The molecule has 0 bridgehead atoms. The number of carbonyl (C=O) groups excluding carboxylic acids is 6. The predicted octanol–water partition coefficient (Wildman–Crippen LogP) is 5.73. The minimum Gasteiger partial charge on any atom is -0.444 e. The van der Waals surface area contributed by atoms with E-state index in [0.717, 1.165) is 26.4 Å². The van der Waals surface area contributed by atoms with E-state index in [1.165, 1.54) is 40.1 Å². The second-order valence-electron chi connectivity index (χ2n) is 15.9. The number of amides is 5. The van der Waals surface area contributed by atoms with Crippen LogP contribution < -0.4 is 15.1 Å². The molecule has 2 aromatic carbocycles. The number of nitrogens with zero attached hydrogens (tertiary/aromatic N) is 2. The minimum atomic E-state index is -2.98. The molecule has 4 N–H and O–H groups in total. The fraction of sp³-hybridized carbons (Fsp3) is 0.512. The van der Waals surface area contributed by atoms with Gasteiger partial charge in [0.2, 0.25) is 13.3 Å². The third-order valence-corrected chi connectivity index (χ3v) is 15.5. The topological polar surface area (TPSA) is 201 Å². The van der Waals surface area contributed by atoms with Crippen LogP contribution in [0.1, 0.15) is 93.6 Å². The predicted molar refractivity (Wildman–Crippen MR) is 219 cm³/mol. The Morgan fingerprint density at radius 3 is 2.42 bits per heavy atom. The first-order chi connectivity index (χ1) is 28.2. The van der Waals surface area contributed by atoms with Crippen molar-refractivity contribution < 1.29 is 51.9 Å². The van der Waals surface area contributed by atoms with Crippen LogP contribution in [0.4, 0.5) is 18.8 Å². The number of halogens is 1. The SMILES string of the molecule is CC(C)(C)OC(=O)NC1CCCCC/C=C\CCC2C[P+]2(C(=O)NS(=O)c2ccc(C=O)cc2)NC(=O)C2CC(OC(=O)N3Cc4cccc(F)c4C3)CN2C1=O.CO. The van der Waals surface area contributed by atoms with E-state index in [1.54, 1.807) is 32.9 Å². The highest BCUT2D eigenvalue weighted by Crippen LogP contribution is 2.76. The average molecular weight is 859 g/mol. The Kier molecular flexibility index (Phi) is 15.4. The average Bonchev–Trinajstić information content (AvgIpc) is 3.48. The summed E-state index contributed by atoms with van der Waals surface area (Å²) < 4.78 is 41.7. The van der Waals surface area contributed by atoms with E-state index in [4.69, 9.17) is 14.6 Å². The highest BCUT2D eigenvalue weighted by Gasteiger charge is 2.72. The molecular formula is C41H54FN5O10PS+. The number of hydrogen-bond acceptors (Lipinski definition) is 10. The van der Waals surface area contributed by atoms with Crippen LogP contribution in [-0.4, -0.2) is 104 Å². The van der Waals surface area contributed by atoms with Gasteiger partial charge in [0.25, 0.3) is 5.91 Å². The van der Waals surface area contributed by atoms with E-state index in [9.17, 15) is 37.4 Å². The van der Waals surface area contributed by atoms with E-state index < -0.39 is 77.7 Å². The molecule has 0 spiro atoms. The van der Waals surface area contributed by atoms with Crippen LogP contribution in [-0.2, 0) is 43.1 Å². The molecule has 2 saturated heterocycles. The molecule has 0 aliphatic carbocycles. The zero-order valence-electron chi connectivity index (χ0n) is 33.8. The third-order valence-electron chi connectivity index (χ3n) is 10.6. The van der Waals surface area contributed by atoms with Gasteiger partial charge in [0, 0.05) is 31.2 Å². The number of rotatable bonds is 6. The van der Waals surface area contributed by atoms with Gasteiger partial charge in [0.1, 0.15) is 47.7 Å². The molecule has 59 heavy (non-hydrogen) atoms. The number of alkyl carbamates (subject to hydrolysis) is 1. The van der Waals surface area contributed by atoms with Crippen molar-refractivity contribution in [2.75, 3.05) is 19.8 Å². The van der Waals surface area contributed by atoms with Crippen LogP contribution in [0.5, 0.6) is 0 Å². The number of aliphatic hydroxyl groups is 1. The second kappa shape index (κ2) is 20.0. The van der Waals surface area contributed by atoms with E-state index >= 15 is 0 Å². The van der Waals surface area contributed by atoms with Crippen molar-refractivity contribution >= 4 is 54.3 Å². The van der Waals surface area contributed by atoms with Crippen LogP contribution in [0.25, 0.3) is 0 Å². The van der Waals surface area contributed by atoms with Crippen molar-refractivity contribution in [3.05, 3.63) is 77.1 Å². The van der Waals surface area contributed by atoms with Crippen molar-refractivity contribution in [2.45, 2.75) is 120 Å². The summed E-state index contributed by atoms with van der Waals surface area (Å²) in [7, 11) is -3.97. The second-order valence-corrected chi connectivity index (χ2v) is 20.6. The van der Waals surface area contributed by atoms with Crippen molar-refractivity contribution in [3.8, 4) is 0 Å². The van der Waals surface area contributed by atoms with E-state index in [1.807, 2.05) is 0 Å². The summed E-state index contributed by atoms with van der Waals surface area (Å²) in [5, 5.41) is 12.7. The highest BCUT2D eigenvalue weighted by molar-refractivity contribution is 7.98. The third kappa shape index (κ3) is 11.5. The summed E-state index contributed by atoms with van der Waals surface area (Å²) in [5.74, 6) is -1.62.